The third kappa shape index (κ3) is 5.19. The van der Waals surface area contributed by atoms with Crippen molar-refractivity contribution in [2.45, 2.75) is 37.9 Å². The first-order valence-electron chi connectivity index (χ1n) is 12.4. The topological polar surface area (TPSA) is 131 Å². The van der Waals surface area contributed by atoms with Crippen LogP contribution in [-0.4, -0.2) is 76.9 Å². The summed E-state index contributed by atoms with van der Waals surface area (Å²) in [6, 6.07) is 9.70. The van der Waals surface area contributed by atoms with Gasteiger partial charge in [0.05, 0.1) is 5.02 Å². The Morgan fingerprint density at radius 1 is 1.18 bits per heavy atom. The van der Waals surface area contributed by atoms with E-state index in [1.165, 1.54) is 4.90 Å². The molecule has 3 aromatic rings. The molecule has 0 radical (unpaired) electrons. The van der Waals surface area contributed by atoms with Crippen molar-refractivity contribution in [3.05, 3.63) is 63.1 Å². The van der Waals surface area contributed by atoms with E-state index < -0.39 is 11.8 Å². The number of hydrogen-bond acceptors (Lipinski definition) is 5. The molecule has 2 aliphatic rings. The number of amides is 5. The molecule has 1 aromatic heterocycles. The zero-order chi connectivity index (χ0) is 27.0. The summed E-state index contributed by atoms with van der Waals surface area (Å²) < 4.78 is 5.12. The number of benzene rings is 2. The Bertz CT molecular complexity index is 1440. The number of likely N-dealkylation sites (tertiary alicyclic amines) is 1. The fourth-order valence-electron chi connectivity index (χ4n) is 5.07. The van der Waals surface area contributed by atoms with Crippen LogP contribution in [0.15, 0.2) is 45.6 Å². The number of aromatic nitrogens is 1. The zero-order valence-electron chi connectivity index (χ0n) is 21.1. The molecule has 0 spiro atoms. The van der Waals surface area contributed by atoms with Gasteiger partial charge in [-0.05, 0) is 42.2 Å². The van der Waals surface area contributed by atoms with E-state index in [1.54, 1.807) is 31.1 Å². The number of hydrogen-bond donors (Lipinski definition) is 3. The van der Waals surface area contributed by atoms with Crippen molar-refractivity contribution in [3.63, 3.8) is 0 Å². The predicted octanol–water partition coefficient (Wildman–Crippen LogP) is 3.00. The van der Waals surface area contributed by atoms with Crippen LogP contribution in [0.25, 0.3) is 11.1 Å². The normalized spacial score (nSPS) is 16.7. The number of fused-ring (bicyclic) bond motifs is 2. The molecular formula is C26H29ClN6O5. The number of aromatic amines is 1. The minimum absolute atomic E-state index is 0.0106. The van der Waals surface area contributed by atoms with Gasteiger partial charge in [0.15, 0.2) is 5.58 Å². The molecule has 1 fully saturated rings. The summed E-state index contributed by atoms with van der Waals surface area (Å²) in [5.74, 6) is -0.897. The van der Waals surface area contributed by atoms with Gasteiger partial charge in [0.25, 0.3) is 0 Å². The molecule has 2 aromatic carbocycles. The number of nitrogens with zero attached hydrogens (tertiary/aromatic N) is 3. The molecular weight excluding hydrogens is 512 g/mol. The monoisotopic (exact) mass is 540 g/mol. The maximum atomic E-state index is 13.2. The van der Waals surface area contributed by atoms with Gasteiger partial charge in [0, 0.05) is 51.9 Å². The highest BCUT2D eigenvalue weighted by Crippen LogP contribution is 2.28. The predicted molar refractivity (Wildman–Crippen MR) is 142 cm³/mol. The summed E-state index contributed by atoms with van der Waals surface area (Å²) in [5.41, 5.74) is 3.21. The van der Waals surface area contributed by atoms with Crippen LogP contribution in [0.2, 0.25) is 5.02 Å². The molecule has 3 N–H and O–H groups in total. The number of halogens is 1. The largest absolute Gasteiger partial charge is 0.417 e. The molecule has 5 rings (SSSR count). The number of carbonyl (C=O) groups excluding carboxylic acids is 3. The third-order valence-electron chi connectivity index (χ3n) is 7.07. The highest BCUT2D eigenvalue weighted by molar-refractivity contribution is 6.34. The van der Waals surface area contributed by atoms with Crippen LogP contribution in [-0.2, 0) is 17.8 Å². The highest BCUT2D eigenvalue weighted by atomic mass is 35.5. The van der Waals surface area contributed by atoms with Crippen LogP contribution in [0.3, 0.4) is 0 Å². The molecule has 200 valence electrons. The quantitative estimate of drug-likeness (QED) is 0.458. The number of carbonyl (C=O) groups is 3. The van der Waals surface area contributed by atoms with Crippen LogP contribution in [0.1, 0.15) is 24.0 Å². The Morgan fingerprint density at radius 2 is 1.92 bits per heavy atom. The number of para-hydroxylation sites is 1. The van der Waals surface area contributed by atoms with Gasteiger partial charge in [-0.2, -0.15) is 0 Å². The van der Waals surface area contributed by atoms with Crippen molar-refractivity contribution >= 4 is 46.4 Å². The average molecular weight is 541 g/mol. The summed E-state index contributed by atoms with van der Waals surface area (Å²) in [4.78, 5) is 57.8. The van der Waals surface area contributed by atoms with Crippen LogP contribution in [0, 0.1) is 0 Å². The van der Waals surface area contributed by atoms with Crippen molar-refractivity contribution in [3.8, 4) is 0 Å². The van der Waals surface area contributed by atoms with Gasteiger partial charge in [-0.25, -0.2) is 14.4 Å². The van der Waals surface area contributed by atoms with Gasteiger partial charge in [0.1, 0.15) is 11.6 Å². The maximum Gasteiger partial charge on any atom is 0.417 e. The standard InChI is InChI=1S/C26H29ClN6O5/c1-31(2)23(34)20(12-15-11-18(27)22-21(13-15)38-26(37)30-22)29-24(35)32-9-7-17(8-10-32)33-14-16-5-3-4-6-19(16)28-25(33)36/h3-6,11,13,17,20H,7-10,12,14H2,1-2H3,(H,28,36)(H,29,35)(H,30,37). The van der Waals surface area contributed by atoms with Gasteiger partial charge in [0.2, 0.25) is 5.91 Å². The van der Waals surface area contributed by atoms with E-state index in [1.807, 2.05) is 29.2 Å². The van der Waals surface area contributed by atoms with Crippen molar-refractivity contribution in [1.29, 1.82) is 0 Å². The summed E-state index contributed by atoms with van der Waals surface area (Å²) in [5, 5.41) is 6.10. The number of anilines is 1. The molecule has 38 heavy (non-hydrogen) atoms. The number of oxazole rings is 1. The van der Waals surface area contributed by atoms with Crippen molar-refractivity contribution in [2.75, 3.05) is 32.5 Å². The number of likely N-dealkylation sites (N-methyl/N-ethyl adjacent to an activating group) is 1. The first-order chi connectivity index (χ1) is 18.2. The van der Waals surface area contributed by atoms with E-state index in [0.29, 0.717) is 43.6 Å². The molecule has 5 amide bonds. The molecule has 1 atom stereocenters. The fourth-order valence-corrected chi connectivity index (χ4v) is 5.35. The second kappa shape index (κ2) is 10.4. The van der Waals surface area contributed by atoms with E-state index in [0.717, 1.165) is 11.3 Å². The van der Waals surface area contributed by atoms with Crippen LogP contribution >= 0.6 is 11.6 Å². The number of rotatable bonds is 5. The molecule has 1 saturated heterocycles. The number of piperidine rings is 1. The van der Waals surface area contributed by atoms with E-state index in [9.17, 15) is 19.2 Å². The van der Waals surface area contributed by atoms with E-state index in [-0.39, 0.29) is 41.0 Å². The highest BCUT2D eigenvalue weighted by Gasteiger charge is 2.33. The smallest absolute Gasteiger partial charge is 0.408 e. The lowest BCUT2D eigenvalue weighted by Crippen LogP contribution is -2.55. The summed E-state index contributed by atoms with van der Waals surface area (Å²) in [6.07, 6.45) is 1.43. The summed E-state index contributed by atoms with van der Waals surface area (Å²) in [6.45, 7) is 1.45. The lowest BCUT2D eigenvalue weighted by atomic mass is 10.0. The van der Waals surface area contributed by atoms with Crippen molar-refractivity contribution < 1.29 is 18.8 Å². The Hall–Kier alpha value is -3.99. The molecule has 0 aliphatic carbocycles. The third-order valence-corrected chi connectivity index (χ3v) is 7.37. The average Bonchev–Trinajstić information content (AvgIpc) is 3.28. The second-order valence-corrected chi connectivity index (χ2v) is 10.2. The van der Waals surface area contributed by atoms with Crippen molar-refractivity contribution in [2.24, 2.45) is 0 Å². The molecule has 2 aliphatic heterocycles. The van der Waals surface area contributed by atoms with Crippen LogP contribution < -0.4 is 16.4 Å². The van der Waals surface area contributed by atoms with Gasteiger partial charge in [-0.1, -0.05) is 29.8 Å². The van der Waals surface area contributed by atoms with Gasteiger partial charge in [-0.15, -0.1) is 0 Å². The molecule has 12 heteroatoms. The van der Waals surface area contributed by atoms with E-state index in [2.05, 4.69) is 15.6 Å². The zero-order valence-corrected chi connectivity index (χ0v) is 21.9. The Labute approximate surface area is 223 Å². The lowest BCUT2D eigenvalue weighted by molar-refractivity contribution is -0.130. The van der Waals surface area contributed by atoms with Gasteiger partial charge >= 0.3 is 17.8 Å². The first-order valence-corrected chi connectivity index (χ1v) is 12.8. The lowest BCUT2D eigenvalue weighted by Gasteiger charge is -2.40. The van der Waals surface area contributed by atoms with Crippen LogP contribution in [0.5, 0.6) is 0 Å². The maximum absolute atomic E-state index is 13.2. The minimum Gasteiger partial charge on any atom is -0.408 e. The van der Waals surface area contributed by atoms with E-state index >= 15 is 0 Å². The van der Waals surface area contributed by atoms with Gasteiger partial charge in [-0.3, -0.25) is 9.78 Å². The molecule has 3 heterocycles. The Balaban J connectivity index is 1.23. The molecule has 11 nitrogen and oxygen atoms in total. The van der Waals surface area contributed by atoms with E-state index in [4.69, 9.17) is 16.0 Å². The Morgan fingerprint density at radius 3 is 2.66 bits per heavy atom. The van der Waals surface area contributed by atoms with Crippen molar-refractivity contribution in [1.82, 2.24) is 25.0 Å². The number of H-pyrrole nitrogens is 1. The summed E-state index contributed by atoms with van der Waals surface area (Å²) in [7, 11) is 3.24. The van der Waals surface area contributed by atoms with Gasteiger partial charge < -0.3 is 29.8 Å². The Kier molecular flexibility index (Phi) is 7.02. The molecule has 0 saturated carbocycles. The first kappa shape index (κ1) is 25.7. The minimum atomic E-state index is -0.848. The van der Waals surface area contributed by atoms with Crippen LogP contribution in [0.4, 0.5) is 15.3 Å². The molecule has 1 unspecified atom stereocenters. The number of nitrogens with one attached hydrogen (secondary N) is 3. The second-order valence-electron chi connectivity index (χ2n) is 9.84. The fraction of sp³-hybridized carbons (Fsp3) is 0.385. The SMILES string of the molecule is CN(C)C(=O)C(Cc1cc(Cl)c2[nH]c(=O)oc2c1)NC(=O)N1CCC(N2Cc3ccccc3NC2=O)CC1. The molecule has 0 bridgehead atoms. The summed E-state index contributed by atoms with van der Waals surface area (Å²) >= 11 is 6.29. The number of urea groups is 2.